The second-order valence-electron chi connectivity index (χ2n) is 9.90. The van der Waals surface area contributed by atoms with Crippen LogP contribution in [0, 0.1) is 0 Å². The Balaban J connectivity index is 1.53. The van der Waals surface area contributed by atoms with Crippen LogP contribution < -0.4 is 10.4 Å². The molecule has 1 aliphatic rings. The number of cyclic esters (lactones) is 1. The minimum Gasteiger partial charge on any atom is -0.462 e. The Kier molecular flexibility index (Phi) is 7.16. The summed E-state index contributed by atoms with van der Waals surface area (Å²) in [6, 6.07) is 31.7. The van der Waals surface area contributed by atoms with Gasteiger partial charge in [0.05, 0.1) is 6.42 Å². The van der Waals surface area contributed by atoms with E-state index in [0.29, 0.717) is 13.0 Å². The van der Waals surface area contributed by atoms with Crippen LogP contribution in [-0.4, -0.2) is 27.0 Å². The Labute approximate surface area is 198 Å². The average Bonchev–Trinajstić information content (AvgIpc) is 3.20. The maximum atomic E-state index is 12.1. The van der Waals surface area contributed by atoms with Crippen LogP contribution in [0.2, 0.25) is 5.04 Å². The standard InChI is InChI=1S/C29H34O3Si/c1-29(2,3)33(24-16-9-5-10-17-24,25-18-11-6-12-19-25)31-21-13-20-27-26(22-28(30)32-27)23-14-7-4-8-15-23/h4-12,14-19,26-27H,13,20-22H2,1-3H3. The van der Waals surface area contributed by atoms with Gasteiger partial charge in [0.1, 0.15) is 6.10 Å². The molecule has 2 atom stereocenters. The first-order chi connectivity index (χ1) is 15.9. The van der Waals surface area contributed by atoms with Crippen LogP contribution >= 0.6 is 0 Å². The Hall–Kier alpha value is -2.69. The molecule has 0 bridgehead atoms. The number of esters is 1. The van der Waals surface area contributed by atoms with E-state index in [4.69, 9.17) is 9.16 Å². The summed E-state index contributed by atoms with van der Waals surface area (Å²) in [6.45, 7) is 7.53. The summed E-state index contributed by atoms with van der Waals surface area (Å²) in [4.78, 5) is 12.1. The SMILES string of the molecule is CC(C)(C)[Si](OCCCC1OC(=O)CC1c1ccccc1)(c1ccccc1)c1ccccc1. The highest BCUT2D eigenvalue weighted by molar-refractivity contribution is 6.99. The van der Waals surface area contributed by atoms with Gasteiger partial charge in [-0.1, -0.05) is 112 Å². The number of carbonyl (C=O) groups is 1. The van der Waals surface area contributed by atoms with Crippen LogP contribution in [0.25, 0.3) is 0 Å². The largest absolute Gasteiger partial charge is 0.462 e. The number of hydrogen-bond acceptors (Lipinski definition) is 3. The van der Waals surface area contributed by atoms with Gasteiger partial charge in [-0.05, 0) is 33.8 Å². The lowest BCUT2D eigenvalue weighted by molar-refractivity contribution is -0.141. The quantitative estimate of drug-likeness (QED) is 0.256. The van der Waals surface area contributed by atoms with Crippen LogP contribution in [0.5, 0.6) is 0 Å². The van der Waals surface area contributed by atoms with Crippen molar-refractivity contribution in [2.75, 3.05) is 6.61 Å². The lowest BCUT2D eigenvalue weighted by atomic mass is 9.90. The van der Waals surface area contributed by atoms with Gasteiger partial charge in [0.25, 0.3) is 8.32 Å². The molecule has 4 heteroatoms. The zero-order valence-electron chi connectivity index (χ0n) is 19.9. The number of ether oxygens (including phenoxy) is 1. The zero-order chi connectivity index (χ0) is 23.3. The van der Waals surface area contributed by atoms with E-state index in [1.54, 1.807) is 0 Å². The fraction of sp³-hybridized carbons (Fsp3) is 0.345. The summed E-state index contributed by atoms with van der Waals surface area (Å²) in [7, 11) is -2.53. The van der Waals surface area contributed by atoms with Crippen molar-refractivity contribution in [1.82, 2.24) is 0 Å². The van der Waals surface area contributed by atoms with Gasteiger partial charge in [0, 0.05) is 12.5 Å². The Morgan fingerprint density at radius 1 is 0.848 bits per heavy atom. The van der Waals surface area contributed by atoms with Gasteiger partial charge in [0.2, 0.25) is 0 Å². The normalized spacial score (nSPS) is 18.8. The second-order valence-corrected chi connectivity index (χ2v) is 14.2. The summed E-state index contributed by atoms with van der Waals surface area (Å²) in [5.41, 5.74) is 1.18. The predicted octanol–water partition coefficient (Wildman–Crippen LogP) is 5.44. The molecule has 0 amide bonds. The Morgan fingerprint density at radius 3 is 1.88 bits per heavy atom. The first kappa shape index (κ1) is 23.5. The van der Waals surface area contributed by atoms with Crippen molar-refractivity contribution < 1.29 is 14.0 Å². The molecule has 33 heavy (non-hydrogen) atoms. The fourth-order valence-electron chi connectivity index (χ4n) is 5.17. The molecular formula is C29H34O3Si. The number of benzene rings is 3. The predicted molar refractivity (Wildman–Crippen MR) is 136 cm³/mol. The molecule has 3 nitrogen and oxygen atoms in total. The highest BCUT2D eigenvalue weighted by atomic mass is 28.4. The molecule has 1 fully saturated rings. The summed E-state index contributed by atoms with van der Waals surface area (Å²) < 4.78 is 12.7. The maximum absolute atomic E-state index is 12.1. The molecule has 3 aromatic carbocycles. The average molecular weight is 459 g/mol. The van der Waals surface area contributed by atoms with Crippen molar-refractivity contribution in [3.63, 3.8) is 0 Å². The lowest BCUT2D eigenvalue weighted by Gasteiger charge is -2.43. The molecule has 3 aromatic rings. The molecule has 1 saturated heterocycles. The minimum absolute atomic E-state index is 0.0396. The molecule has 2 unspecified atom stereocenters. The molecular weight excluding hydrogens is 424 g/mol. The van der Waals surface area contributed by atoms with E-state index in [1.807, 2.05) is 18.2 Å². The van der Waals surface area contributed by atoms with E-state index in [1.165, 1.54) is 15.9 Å². The molecule has 0 spiro atoms. The van der Waals surface area contributed by atoms with Gasteiger partial charge in [-0.3, -0.25) is 4.79 Å². The number of carbonyl (C=O) groups excluding carboxylic acids is 1. The van der Waals surface area contributed by atoms with Crippen molar-refractivity contribution >= 4 is 24.7 Å². The van der Waals surface area contributed by atoms with Gasteiger partial charge in [0.15, 0.2) is 0 Å². The molecule has 0 N–H and O–H groups in total. The van der Waals surface area contributed by atoms with Crippen LogP contribution in [0.3, 0.4) is 0 Å². The van der Waals surface area contributed by atoms with E-state index in [2.05, 4.69) is 93.6 Å². The van der Waals surface area contributed by atoms with Gasteiger partial charge >= 0.3 is 5.97 Å². The van der Waals surface area contributed by atoms with Crippen molar-refractivity contribution in [3.8, 4) is 0 Å². The highest BCUT2D eigenvalue weighted by Gasteiger charge is 2.50. The molecule has 0 radical (unpaired) electrons. The Morgan fingerprint density at radius 2 is 1.36 bits per heavy atom. The monoisotopic (exact) mass is 458 g/mol. The molecule has 1 heterocycles. The van der Waals surface area contributed by atoms with Gasteiger partial charge < -0.3 is 9.16 Å². The first-order valence-corrected chi connectivity index (χ1v) is 13.8. The van der Waals surface area contributed by atoms with E-state index >= 15 is 0 Å². The van der Waals surface area contributed by atoms with Crippen LogP contribution in [-0.2, 0) is 14.0 Å². The van der Waals surface area contributed by atoms with E-state index in [-0.39, 0.29) is 23.0 Å². The molecule has 172 valence electrons. The van der Waals surface area contributed by atoms with Gasteiger partial charge in [-0.15, -0.1) is 0 Å². The van der Waals surface area contributed by atoms with Crippen LogP contribution in [0.1, 0.15) is 51.5 Å². The summed E-state index contributed by atoms with van der Waals surface area (Å²) >= 11 is 0. The summed E-state index contributed by atoms with van der Waals surface area (Å²) in [5.74, 6) is 0.0355. The van der Waals surface area contributed by atoms with E-state index < -0.39 is 8.32 Å². The number of hydrogen-bond donors (Lipinski definition) is 0. The summed E-state index contributed by atoms with van der Waals surface area (Å²) in [6.07, 6.45) is 2.04. The van der Waals surface area contributed by atoms with Gasteiger partial charge in [-0.2, -0.15) is 0 Å². The van der Waals surface area contributed by atoms with Crippen LogP contribution in [0.15, 0.2) is 91.0 Å². The van der Waals surface area contributed by atoms with E-state index in [9.17, 15) is 4.79 Å². The topological polar surface area (TPSA) is 35.5 Å². The van der Waals surface area contributed by atoms with Crippen molar-refractivity contribution in [3.05, 3.63) is 96.6 Å². The third kappa shape index (κ3) is 4.97. The summed E-state index contributed by atoms with van der Waals surface area (Å²) in [5, 5.41) is 2.54. The molecule has 4 rings (SSSR count). The fourth-order valence-corrected chi connectivity index (χ4v) is 9.78. The Bertz CT molecular complexity index is 989. The van der Waals surface area contributed by atoms with Crippen molar-refractivity contribution in [2.45, 2.75) is 57.1 Å². The third-order valence-corrected chi connectivity index (χ3v) is 11.8. The third-order valence-electron chi connectivity index (χ3n) is 6.71. The molecule has 0 saturated carbocycles. The van der Waals surface area contributed by atoms with Crippen molar-refractivity contribution in [1.29, 1.82) is 0 Å². The zero-order valence-corrected chi connectivity index (χ0v) is 20.9. The van der Waals surface area contributed by atoms with E-state index in [0.717, 1.165) is 12.8 Å². The molecule has 0 aromatic heterocycles. The van der Waals surface area contributed by atoms with Gasteiger partial charge in [-0.25, -0.2) is 0 Å². The van der Waals surface area contributed by atoms with Crippen molar-refractivity contribution in [2.24, 2.45) is 0 Å². The molecule has 1 aliphatic heterocycles. The lowest BCUT2D eigenvalue weighted by Crippen LogP contribution is -2.66. The first-order valence-electron chi connectivity index (χ1n) is 11.9. The molecule has 0 aliphatic carbocycles. The highest BCUT2D eigenvalue weighted by Crippen LogP contribution is 2.38. The smallest absolute Gasteiger partial charge is 0.306 e. The maximum Gasteiger partial charge on any atom is 0.306 e. The second kappa shape index (κ2) is 10.1. The van der Waals surface area contributed by atoms with Crippen LogP contribution in [0.4, 0.5) is 0 Å². The number of rotatable bonds is 8. The minimum atomic E-state index is -2.53.